The van der Waals surface area contributed by atoms with Gasteiger partial charge in [-0.1, -0.05) is 19.1 Å². The van der Waals surface area contributed by atoms with Gasteiger partial charge in [-0.2, -0.15) is 0 Å². The minimum atomic E-state index is -3.48. The fourth-order valence-corrected chi connectivity index (χ4v) is 4.26. The molecule has 0 spiro atoms. The van der Waals surface area contributed by atoms with E-state index in [-0.39, 0.29) is 4.90 Å². The van der Waals surface area contributed by atoms with Crippen molar-refractivity contribution in [3.05, 3.63) is 52.8 Å². The highest BCUT2D eigenvalue weighted by atomic mass is 79.9. The first-order valence-corrected chi connectivity index (χ1v) is 11.0. The van der Waals surface area contributed by atoms with Gasteiger partial charge in [0.05, 0.1) is 22.5 Å². The van der Waals surface area contributed by atoms with Crippen molar-refractivity contribution in [1.29, 1.82) is 0 Å². The Labute approximate surface area is 168 Å². The van der Waals surface area contributed by atoms with E-state index in [9.17, 15) is 8.42 Å². The number of halogens is 1. The molecule has 1 heterocycles. The molecule has 0 unspecified atom stereocenters. The predicted molar refractivity (Wildman–Crippen MR) is 112 cm³/mol. The Morgan fingerprint density at radius 3 is 2.59 bits per heavy atom. The molecule has 3 aromatic rings. The summed E-state index contributed by atoms with van der Waals surface area (Å²) < 4.78 is 29.2. The smallest absolute Gasteiger partial charge is 0.242 e. The largest absolute Gasteiger partial charge is 0.377 e. The molecule has 2 aromatic carbocycles. The molecular formula is C19H23BrN4O2S. The molecule has 144 valence electrons. The third kappa shape index (κ3) is 4.02. The number of nitrogens with zero attached hydrogens (tertiary/aromatic N) is 3. The summed E-state index contributed by atoms with van der Waals surface area (Å²) in [6, 6.07) is 13.1. The highest BCUT2D eigenvalue weighted by Crippen LogP contribution is 2.25. The van der Waals surface area contributed by atoms with Gasteiger partial charge < -0.3 is 9.88 Å². The van der Waals surface area contributed by atoms with E-state index in [1.165, 1.54) is 18.4 Å². The fourth-order valence-electron chi connectivity index (χ4n) is 2.92. The molecule has 0 atom stereocenters. The molecule has 0 radical (unpaired) electrons. The van der Waals surface area contributed by atoms with Crippen LogP contribution >= 0.6 is 15.9 Å². The molecule has 0 aliphatic rings. The molecule has 0 bridgehead atoms. The number of aryl methyl sites for hydroxylation is 1. The molecular weight excluding hydrogens is 428 g/mol. The Hall–Kier alpha value is -1.90. The van der Waals surface area contributed by atoms with Crippen LogP contribution in [0.15, 0.2) is 51.8 Å². The quantitative estimate of drug-likeness (QED) is 0.588. The zero-order valence-corrected chi connectivity index (χ0v) is 18.0. The van der Waals surface area contributed by atoms with E-state index in [1.807, 2.05) is 30.3 Å². The van der Waals surface area contributed by atoms with Crippen LogP contribution in [-0.2, 0) is 23.1 Å². The van der Waals surface area contributed by atoms with Gasteiger partial charge in [-0.05, 0) is 52.7 Å². The second-order valence-corrected chi connectivity index (χ2v) is 9.46. The second kappa shape index (κ2) is 8.00. The Balaban J connectivity index is 1.99. The average molecular weight is 451 g/mol. The normalized spacial score (nSPS) is 12.0. The summed E-state index contributed by atoms with van der Waals surface area (Å²) in [4.78, 5) is 4.97. The van der Waals surface area contributed by atoms with Gasteiger partial charge in [0.25, 0.3) is 0 Å². The lowest BCUT2D eigenvalue weighted by Gasteiger charge is -2.12. The number of hydrogen-bond donors (Lipinski definition) is 1. The highest BCUT2D eigenvalue weighted by molar-refractivity contribution is 9.10. The van der Waals surface area contributed by atoms with Crippen LogP contribution < -0.4 is 5.32 Å². The zero-order valence-electron chi connectivity index (χ0n) is 15.6. The lowest BCUT2D eigenvalue weighted by Crippen LogP contribution is -2.22. The molecule has 0 fully saturated rings. The lowest BCUT2D eigenvalue weighted by molar-refractivity contribution is 0.521. The molecule has 8 heteroatoms. The molecule has 1 N–H and O–H groups in total. The SMILES string of the molecule is CCCn1c(CNc2ccccc2Br)nc2cc(S(=O)(=O)N(C)C)ccc21. The van der Waals surface area contributed by atoms with Crippen LogP contribution in [-0.4, -0.2) is 36.4 Å². The van der Waals surface area contributed by atoms with E-state index in [4.69, 9.17) is 4.98 Å². The van der Waals surface area contributed by atoms with Crippen molar-refractivity contribution < 1.29 is 8.42 Å². The monoisotopic (exact) mass is 450 g/mol. The number of nitrogens with one attached hydrogen (secondary N) is 1. The molecule has 0 saturated carbocycles. The summed E-state index contributed by atoms with van der Waals surface area (Å²) in [5.41, 5.74) is 2.62. The van der Waals surface area contributed by atoms with Gasteiger partial charge in [0.1, 0.15) is 5.82 Å². The van der Waals surface area contributed by atoms with Gasteiger partial charge in [-0.3, -0.25) is 0 Å². The first kappa shape index (κ1) is 19.9. The number of hydrogen-bond acceptors (Lipinski definition) is 4. The Morgan fingerprint density at radius 2 is 1.93 bits per heavy atom. The van der Waals surface area contributed by atoms with Crippen molar-refractivity contribution in [2.45, 2.75) is 31.3 Å². The third-order valence-corrected chi connectivity index (χ3v) is 6.84. The number of aromatic nitrogens is 2. The number of fused-ring (bicyclic) bond motifs is 1. The Kier molecular flexibility index (Phi) is 5.88. The van der Waals surface area contributed by atoms with Crippen LogP contribution in [0, 0.1) is 0 Å². The third-order valence-electron chi connectivity index (χ3n) is 4.34. The first-order valence-electron chi connectivity index (χ1n) is 8.74. The molecule has 0 amide bonds. The molecule has 3 rings (SSSR count). The number of imidazole rings is 1. The van der Waals surface area contributed by atoms with E-state index < -0.39 is 10.0 Å². The highest BCUT2D eigenvalue weighted by Gasteiger charge is 2.19. The van der Waals surface area contributed by atoms with Gasteiger partial charge >= 0.3 is 0 Å². The summed E-state index contributed by atoms with van der Waals surface area (Å²) in [6.07, 6.45) is 0.964. The minimum absolute atomic E-state index is 0.256. The number of para-hydroxylation sites is 1. The topological polar surface area (TPSA) is 67.2 Å². The first-order chi connectivity index (χ1) is 12.8. The Morgan fingerprint density at radius 1 is 1.19 bits per heavy atom. The number of anilines is 1. The predicted octanol–water partition coefficient (Wildman–Crippen LogP) is 4.07. The standard InChI is InChI=1S/C19H23BrN4O2S/c1-4-11-24-18-10-9-14(27(25,26)23(2)3)12-17(18)22-19(24)13-21-16-8-6-5-7-15(16)20/h5-10,12,21H,4,11,13H2,1-3H3. The van der Waals surface area contributed by atoms with Crippen molar-refractivity contribution >= 4 is 42.7 Å². The summed E-state index contributed by atoms with van der Waals surface area (Å²) in [6.45, 7) is 3.48. The van der Waals surface area contributed by atoms with E-state index in [0.717, 1.165) is 34.5 Å². The van der Waals surface area contributed by atoms with Crippen molar-refractivity contribution in [2.24, 2.45) is 0 Å². The molecule has 1 aromatic heterocycles. The van der Waals surface area contributed by atoms with Gasteiger partial charge in [0.2, 0.25) is 10.0 Å². The van der Waals surface area contributed by atoms with Crippen LogP contribution in [0.4, 0.5) is 5.69 Å². The van der Waals surface area contributed by atoms with E-state index in [1.54, 1.807) is 12.1 Å². The van der Waals surface area contributed by atoms with Crippen molar-refractivity contribution in [3.8, 4) is 0 Å². The molecule has 0 aliphatic heterocycles. The Bertz CT molecular complexity index is 1060. The average Bonchev–Trinajstić information content (AvgIpc) is 2.98. The van der Waals surface area contributed by atoms with Crippen LogP contribution in [0.2, 0.25) is 0 Å². The van der Waals surface area contributed by atoms with Gasteiger partial charge in [-0.15, -0.1) is 0 Å². The summed E-state index contributed by atoms with van der Waals surface area (Å²) in [7, 11) is -0.423. The zero-order chi connectivity index (χ0) is 19.6. The summed E-state index contributed by atoms with van der Waals surface area (Å²) >= 11 is 3.54. The maximum absolute atomic E-state index is 12.4. The fraction of sp³-hybridized carbons (Fsp3) is 0.316. The van der Waals surface area contributed by atoms with E-state index in [2.05, 4.69) is 32.7 Å². The number of benzene rings is 2. The number of rotatable bonds is 7. The van der Waals surface area contributed by atoms with Crippen LogP contribution in [0.1, 0.15) is 19.2 Å². The minimum Gasteiger partial charge on any atom is -0.377 e. The maximum Gasteiger partial charge on any atom is 0.242 e. The maximum atomic E-state index is 12.4. The van der Waals surface area contributed by atoms with E-state index >= 15 is 0 Å². The van der Waals surface area contributed by atoms with Gasteiger partial charge in [-0.25, -0.2) is 17.7 Å². The number of sulfonamides is 1. The molecule has 0 aliphatic carbocycles. The van der Waals surface area contributed by atoms with Gasteiger partial charge in [0.15, 0.2) is 0 Å². The van der Waals surface area contributed by atoms with Gasteiger partial charge in [0, 0.05) is 30.8 Å². The van der Waals surface area contributed by atoms with Crippen molar-refractivity contribution in [2.75, 3.05) is 19.4 Å². The van der Waals surface area contributed by atoms with Crippen LogP contribution in [0.25, 0.3) is 11.0 Å². The van der Waals surface area contributed by atoms with Crippen LogP contribution in [0.3, 0.4) is 0 Å². The summed E-state index contributed by atoms with van der Waals surface area (Å²) in [5, 5.41) is 3.40. The lowest BCUT2D eigenvalue weighted by atomic mass is 10.3. The van der Waals surface area contributed by atoms with Crippen molar-refractivity contribution in [1.82, 2.24) is 13.9 Å². The van der Waals surface area contributed by atoms with E-state index in [0.29, 0.717) is 12.1 Å². The molecule has 27 heavy (non-hydrogen) atoms. The molecule has 6 nitrogen and oxygen atoms in total. The van der Waals surface area contributed by atoms with Crippen LogP contribution in [0.5, 0.6) is 0 Å². The second-order valence-electron chi connectivity index (χ2n) is 6.45. The molecule has 0 saturated heterocycles. The van der Waals surface area contributed by atoms with Crippen molar-refractivity contribution in [3.63, 3.8) is 0 Å². The summed E-state index contributed by atoms with van der Waals surface area (Å²) in [5.74, 6) is 0.877.